The van der Waals surface area contributed by atoms with Gasteiger partial charge in [0, 0.05) is 13.1 Å². The van der Waals surface area contributed by atoms with Crippen LogP contribution in [0.25, 0.3) is 0 Å². The molecular weight excluding hydrogens is 250 g/mol. The van der Waals surface area contributed by atoms with E-state index in [1.54, 1.807) is 0 Å². The lowest BCUT2D eigenvalue weighted by molar-refractivity contribution is -0.138. The van der Waals surface area contributed by atoms with Gasteiger partial charge in [-0.1, -0.05) is 12.8 Å². The van der Waals surface area contributed by atoms with Crippen molar-refractivity contribution in [2.45, 2.75) is 50.1 Å². The van der Waals surface area contributed by atoms with Gasteiger partial charge in [-0.15, -0.1) is 12.4 Å². The summed E-state index contributed by atoms with van der Waals surface area (Å²) in [6, 6.07) is 0.389. The Morgan fingerprint density at radius 1 is 1.28 bits per heavy atom. The van der Waals surface area contributed by atoms with Crippen molar-refractivity contribution in [1.29, 1.82) is 0 Å². The van der Waals surface area contributed by atoms with E-state index in [0.29, 0.717) is 6.04 Å². The second-order valence-electron chi connectivity index (χ2n) is 5.81. The van der Waals surface area contributed by atoms with Crippen LogP contribution in [0.5, 0.6) is 0 Å². The van der Waals surface area contributed by atoms with E-state index < -0.39 is 5.54 Å². The van der Waals surface area contributed by atoms with Crippen LogP contribution in [0.1, 0.15) is 38.5 Å². The average molecular weight is 276 g/mol. The molecule has 0 aromatic heterocycles. The molecule has 0 aromatic carbocycles. The van der Waals surface area contributed by atoms with E-state index in [-0.39, 0.29) is 18.3 Å². The van der Waals surface area contributed by atoms with Gasteiger partial charge in [0.2, 0.25) is 5.91 Å². The van der Waals surface area contributed by atoms with Gasteiger partial charge < -0.3 is 15.5 Å². The first-order chi connectivity index (χ1) is 8.03. The van der Waals surface area contributed by atoms with E-state index in [4.69, 9.17) is 5.73 Å². The molecule has 0 spiro atoms. The molecule has 1 amide bonds. The Morgan fingerprint density at radius 2 is 1.78 bits per heavy atom. The van der Waals surface area contributed by atoms with Gasteiger partial charge in [-0.05, 0) is 45.8 Å². The number of hydrogen-bond donors (Lipinski definition) is 1. The van der Waals surface area contributed by atoms with Crippen LogP contribution in [-0.2, 0) is 4.79 Å². The summed E-state index contributed by atoms with van der Waals surface area (Å²) in [5, 5.41) is 0. The summed E-state index contributed by atoms with van der Waals surface area (Å²) in [6.07, 6.45) is 6.09. The third-order valence-electron chi connectivity index (χ3n) is 4.48. The minimum atomic E-state index is -0.557. The quantitative estimate of drug-likeness (QED) is 0.825. The Balaban J connectivity index is 0.00000162. The van der Waals surface area contributed by atoms with Gasteiger partial charge in [0.25, 0.3) is 0 Å². The lowest BCUT2D eigenvalue weighted by Crippen LogP contribution is -2.56. The van der Waals surface area contributed by atoms with Gasteiger partial charge in [0.15, 0.2) is 0 Å². The van der Waals surface area contributed by atoms with Crippen LogP contribution >= 0.6 is 12.4 Å². The maximum Gasteiger partial charge on any atom is 0.242 e. The zero-order valence-corrected chi connectivity index (χ0v) is 12.3. The van der Waals surface area contributed by atoms with Gasteiger partial charge >= 0.3 is 0 Å². The van der Waals surface area contributed by atoms with E-state index in [1.165, 1.54) is 0 Å². The van der Waals surface area contributed by atoms with E-state index >= 15 is 0 Å². The fraction of sp³-hybridized carbons (Fsp3) is 0.923. The van der Waals surface area contributed by atoms with Crippen molar-refractivity contribution in [3.05, 3.63) is 0 Å². The summed E-state index contributed by atoms with van der Waals surface area (Å²) < 4.78 is 0. The molecule has 0 radical (unpaired) electrons. The van der Waals surface area contributed by atoms with E-state index in [1.807, 2.05) is 11.9 Å². The summed E-state index contributed by atoms with van der Waals surface area (Å²) in [6.45, 7) is 2.17. The van der Waals surface area contributed by atoms with Gasteiger partial charge in [0.1, 0.15) is 0 Å². The smallest absolute Gasteiger partial charge is 0.242 e. The standard InChI is InChI=1S/C13H25N3O.ClH/c1-15-9-5-11(6-10-15)16(2)12(17)13(14)7-3-4-8-13;/h11H,3-10,14H2,1-2H3;1H. The summed E-state index contributed by atoms with van der Waals surface area (Å²) in [7, 11) is 4.07. The van der Waals surface area contributed by atoms with Crippen LogP contribution in [0.4, 0.5) is 0 Å². The highest BCUT2D eigenvalue weighted by Crippen LogP contribution is 2.30. The maximum absolute atomic E-state index is 12.4. The van der Waals surface area contributed by atoms with Gasteiger partial charge in [-0.2, -0.15) is 0 Å². The minimum Gasteiger partial charge on any atom is -0.341 e. The second kappa shape index (κ2) is 6.22. The molecule has 1 aliphatic heterocycles. The van der Waals surface area contributed by atoms with Crippen LogP contribution in [0.2, 0.25) is 0 Å². The van der Waals surface area contributed by atoms with Gasteiger partial charge in [-0.3, -0.25) is 4.79 Å². The number of nitrogens with zero attached hydrogens (tertiary/aromatic N) is 2. The third kappa shape index (κ3) is 3.16. The fourth-order valence-electron chi connectivity index (χ4n) is 3.12. The number of piperidine rings is 1. The molecule has 0 atom stereocenters. The second-order valence-corrected chi connectivity index (χ2v) is 5.81. The number of rotatable bonds is 2. The monoisotopic (exact) mass is 275 g/mol. The van der Waals surface area contributed by atoms with E-state index in [2.05, 4.69) is 11.9 Å². The fourth-order valence-corrected chi connectivity index (χ4v) is 3.12. The van der Waals surface area contributed by atoms with Crippen molar-refractivity contribution in [3.8, 4) is 0 Å². The highest BCUT2D eigenvalue weighted by Gasteiger charge is 2.40. The van der Waals surface area contributed by atoms with Gasteiger partial charge in [-0.25, -0.2) is 0 Å². The SMILES string of the molecule is CN1CCC(N(C)C(=O)C2(N)CCCC2)CC1.Cl. The first-order valence-electron chi connectivity index (χ1n) is 6.78. The Labute approximate surface area is 116 Å². The lowest BCUT2D eigenvalue weighted by Gasteiger charge is -2.38. The van der Waals surface area contributed by atoms with E-state index in [9.17, 15) is 4.79 Å². The number of carbonyl (C=O) groups excluding carboxylic acids is 1. The van der Waals surface area contributed by atoms with Crippen molar-refractivity contribution in [1.82, 2.24) is 9.80 Å². The summed E-state index contributed by atoms with van der Waals surface area (Å²) >= 11 is 0. The first-order valence-corrected chi connectivity index (χ1v) is 6.78. The first kappa shape index (κ1) is 15.7. The Bertz CT molecular complexity index is 284. The van der Waals surface area contributed by atoms with Crippen molar-refractivity contribution < 1.29 is 4.79 Å². The average Bonchev–Trinajstić information content (AvgIpc) is 2.76. The van der Waals surface area contributed by atoms with Crippen LogP contribution in [0.3, 0.4) is 0 Å². The zero-order chi connectivity index (χ0) is 12.5. The number of likely N-dealkylation sites (N-methyl/N-ethyl adjacent to an activating group) is 1. The topological polar surface area (TPSA) is 49.6 Å². The predicted molar refractivity (Wildman–Crippen MR) is 75.9 cm³/mol. The third-order valence-corrected chi connectivity index (χ3v) is 4.48. The molecule has 2 N–H and O–H groups in total. The normalized spacial score (nSPS) is 24.6. The molecule has 1 heterocycles. The molecule has 1 aliphatic carbocycles. The molecule has 4 nitrogen and oxygen atoms in total. The number of hydrogen-bond acceptors (Lipinski definition) is 3. The van der Waals surface area contributed by atoms with Crippen molar-refractivity contribution in [2.75, 3.05) is 27.2 Å². The highest BCUT2D eigenvalue weighted by molar-refractivity contribution is 5.86. The van der Waals surface area contributed by atoms with Crippen LogP contribution < -0.4 is 5.73 Å². The molecule has 0 unspecified atom stereocenters. The van der Waals surface area contributed by atoms with Gasteiger partial charge in [0.05, 0.1) is 5.54 Å². The molecule has 2 fully saturated rings. The summed E-state index contributed by atoms with van der Waals surface area (Å²) in [4.78, 5) is 16.7. The van der Waals surface area contributed by atoms with Crippen molar-refractivity contribution in [2.24, 2.45) is 5.73 Å². The number of carbonyl (C=O) groups is 1. The molecule has 0 aromatic rings. The highest BCUT2D eigenvalue weighted by atomic mass is 35.5. The lowest BCUT2D eigenvalue weighted by atomic mass is 9.95. The maximum atomic E-state index is 12.4. The van der Waals surface area contributed by atoms with Crippen LogP contribution in [0.15, 0.2) is 0 Å². The Hall–Kier alpha value is -0.320. The largest absolute Gasteiger partial charge is 0.341 e. The van der Waals surface area contributed by atoms with Crippen LogP contribution in [-0.4, -0.2) is 54.5 Å². The molecule has 18 heavy (non-hydrogen) atoms. The molecule has 5 heteroatoms. The molecule has 106 valence electrons. The van der Waals surface area contributed by atoms with Crippen molar-refractivity contribution in [3.63, 3.8) is 0 Å². The summed E-state index contributed by atoms with van der Waals surface area (Å²) in [5.41, 5.74) is 5.68. The minimum absolute atomic E-state index is 0. The molecular formula is C13H26ClN3O. The molecule has 1 saturated heterocycles. The predicted octanol–water partition coefficient (Wildman–Crippen LogP) is 1.23. The Kier molecular flexibility index (Phi) is 5.44. The number of amides is 1. The molecule has 2 rings (SSSR count). The molecule has 0 bridgehead atoms. The molecule has 1 saturated carbocycles. The summed E-state index contributed by atoms with van der Waals surface area (Å²) in [5.74, 6) is 0.171. The molecule has 2 aliphatic rings. The van der Waals surface area contributed by atoms with E-state index in [0.717, 1.165) is 51.6 Å². The Morgan fingerprint density at radius 3 is 2.28 bits per heavy atom. The number of likely N-dealkylation sites (tertiary alicyclic amines) is 1. The zero-order valence-electron chi connectivity index (χ0n) is 11.5. The number of nitrogens with two attached hydrogens (primary N) is 1. The van der Waals surface area contributed by atoms with Crippen LogP contribution in [0, 0.1) is 0 Å². The van der Waals surface area contributed by atoms with Crippen molar-refractivity contribution >= 4 is 18.3 Å². The number of halogens is 1.